The minimum Gasteiger partial charge on any atom is -0.368 e. The maximum absolute atomic E-state index is 9.94. The Hall–Kier alpha value is -0.440. The molecule has 1 atom stereocenters. The van der Waals surface area contributed by atoms with Crippen LogP contribution in [-0.4, -0.2) is 16.9 Å². The summed E-state index contributed by atoms with van der Waals surface area (Å²) in [6, 6.07) is 0.409. The van der Waals surface area contributed by atoms with Crippen molar-refractivity contribution in [2.24, 2.45) is 16.1 Å². The van der Waals surface area contributed by atoms with E-state index in [-0.39, 0.29) is 0 Å². The van der Waals surface area contributed by atoms with Crippen molar-refractivity contribution >= 4 is 0 Å². The van der Waals surface area contributed by atoms with Gasteiger partial charge in [0.2, 0.25) is 0 Å². The van der Waals surface area contributed by atoms with Gasteiger partial charge >= 0.3 is 0 Å². The fourth-order valence-electron chi connectivity index (χ4n) is 1.74. The van der Waals surface area contributed by atoms with Crippen LogP contribution in [0.3, 0.4) is 0 Å². The first-order chi connectivity index (χ1) is 6.18. The van der Waals surface area contributed by atoms with Crippen molar-refractivity contribution in [1.82, 2.24) is 0 Å². The molecular formula is C10H18N2O. The molecule has 3 nitrogen and oxygen atoms in total. The SMILES string of the molecule is CC(O)(/N=N/C1CCC1)C1CCC1. The van der Waals surface area contributed by atoms with E-state index in [0.717, 1.165) is 25.7 Å². The van der Waals surface area contributed by atoms with Gasteiger partial charge in [-0.2, -0.15) is 10.2 Å². The molecule has 74 valence electrons. The Morgan fingerprint density at radius 2 is 1.77 bits per heavy atom. The summed E-state index contributed by atoms with van der Waals surface area (Å²) in [6.07, 6.45) is 7.04. The van der Waals surface area contributed by atoms with Crippen molar-refractivity contribution in [1.29, 1.82) is 0 Å². The average Bonchev–Trinajstić information content (AvgIpc) is 1.76. The molecule has 2 fully saturated rings. The zero-order valence-electron chi connectivity index (χ0n) is 8.24. The average molecular weight is 182 g/mol. The number of rotatable bonds is 3. The lowest BCUT2D eigenvalue weighted by molar-refractivity contribution is -0.0345. The van der Waals surface area contributed by atoms with Crippen LogP contribution >= 0.6 is 0 Å². The minimum absolute atomic E-state index is 0.358. The van der Waals surface area contributed by atoms with Gasteiger partial charge in [-0.05, 0) is 39.0 Å². The van der Waals surface area contributed by atoms with Gasteiger partial charge in [0.05, 0.1) is 6.04 Å². The van der Waals surface area contributed by atoms with E-state index in [1.54, 1.807) is 6.92 Å². The number of nitrogens with zero attached hydrogens (tertiary/aromatic N) is 2. The number of aliphatic hydroxyl groups is 1. The van der Waals surface area contributed by atoms with Crippen molar-refractivity contribution in [3.05, 3.63) is 0 Å². The maximum Gasteiger partial charge on any atom is 0.176 e. The molecule has 3 heteroatoms. The third-order valence-electron chi connectivity index (χ3n) is 3.38. The summed E-state index contributed by atoms with van der Waals surface area (Å²) < 4.78 is 0. The Morgan fingerprint density at radius 3 is 2.15 bits per heavy atom. The van der Waals surface area contributed by atoms with E-state index in [0.29, 0.717) is 12.0 Å². The fourth-order valence-corrected chi connectivity index (χ4v) is 1.74. The van der Waals surface area contributed by atoms with Crippen LogP contribution in [0, 0.1) is 5.92 Å². The topological polar surface area (TPSA) is 45.0 Å². The molecule has 1 unspecified atom stereocenters. The maximum atomic E-state index is 9.94. The summed E-state index contributed by atoms with van der Waals surface area (Å²) in [7, 11) is 0. The highest BCUT2D eigenvalue weighted by molar-refractivity contribution is 4.85. The van der Waals surface area contributed by atoms with Gasteiger partial charge in [-0.25, -0.2) is 0 Å². The molecule has 0 aliphatic heterocycles. The van der Waals surface area contributed by atoms with Crippen LogP contribution in [0.15, 0.2) is 10.2 Å². The van der Waals surface area contributed by atoms with Crippen LogP contribution in [-0.2, 0) is 0 Å². The number of hydrogen-bond acceptors (Lipinski definition) is 3. The molecule has 2 saturated carbocycles. The Kier molecular flexibility index (Phi) is 2.37. The first kappa shape index (κ1) is 9.13. The molecule has 0 heterocycles. The van der Waals surface area contributed by atoms with Gasteiger partial charge < -0.3 is 5.11 Å². The Bertz CT molecular complexity index is 205. The lowest BCUT2D eigenvalue weighted by Gasteiger charge is -2.35. The molecule has 0 aromatic carbocycles. The second-order valence-corrected chi connectivity index (χ2v) is 4.52. The van der Waals surface area contributed by atoms with Crippen LogP contribution in [0.1, 0.15) is 45.4 Å². The second-order valence-electron chi connectivity index (χ2n) is 4.52. The molecule has 2 rings (SSSR count). The van der Waals surface area contributed by atoms with Gasteiger partial charge in [0.1, 0.15) is 0 Å². The van der Waals surface area contributed by atoms with Crippen molar-refractivity contribution in [2.75, 3.05) is 0 Å². The molecule has 2 aliphatic rings. The normalized spacial score (nSPS) is 29.7. The molecule has 13 heavy (non-hydrogen) atoms. The van der Waals surface area contributed by atoms with Gasteiger partial charge in [-0.1, -0.05) is 6.42 Å². The number of hydrogen-bond donors (Lipinski definition) is 1. The summed E-state index contributed by atoms with van der Waals surface area (Å²) in [5.74, 6) is 0.358. The lowest BCUT2D eigenvalue weighted by atomic mass is 9.78. The summed E-state index contributed by atoms with van der Waals surface area (Å²) in [5, 5.41) is 18.2. The largest absolute Gasteiger partial charge is 0.368 e. The molecule has 0 aromatic heterocycles. The van der Waals surface area contributed by atoms with Crippen LogP contribution in [0.5, 0.6) is 0 Å². The van der Waals surface area contributed by atoms with E-state index in [1.165, 1.54) is 12.8 Å². The minimum atomic E-state index is -0.881. The lowest BCUT2D eigenvalue weighted by Crippen LogP contribution is -2.37. The highest BCUT2D eigenvalue weighted by atomic mass is 16.3. The molecule has 0 spiro atoms. The molecular weight excluding hydrogens is 164 g/mol. The standard InChI is InChI=1S/C10H18N2O/c1-10(13,8-4-2-5-8)12-11-9-6-3-7-9/h8-9,13H,2-7H2,1H3/b12-11+. The Morgan fingerprint density at radius 1 is 1.15 bits per heavy atom. The third kappa shape index (κ3) is 1.90. The summed E-state index contributed by atoms with van der Waals surface area (Å²) >= 11 is 0. The predicted octanol–water partition coefficient (Wildman–Crippen LogP) is 2.50. The van der Waals surface area contributed by atoms with Gasteiger partial charge in [0.25, 0.3) is 0 Å². The van der Waals surface area contributed by atoms with Gasteiger partial charge in [0, 0.05) is 5.92 Å². The highest BCUT2D eigenvalue weighted by Crippen LogP contribution is 2.37. The molecule has 0 bridgehead atoms. The van der Waals surface area contributed by atoms with E-state index in [4.69, 9.17) is 0 Å². The Balaban J connectivity index is 1.86. The van der Waals surface area contributed by atoms with Crippen molar-refractivity contribution in [3.8, 4) is 0 Å². The summed E-state index contributed by atoms with van der Waals surface area (Å²) in [4.78, 5) is 0. The van der Waals surface area contributed by atoms with E-state index >= 15 is 0 Å². The van der Waals surface area contributed by atoms with Gasteiger partial charge in [-0.3, -0.25) is 0 Å². The summed E-state index contributed by atoms with van der Waals surface area (Å²) in [6.45, 7) is 1.79. The smallest absolute Gasteiger partial charge is 0.176 e. The zero-order chi connectivity index (χ0) is 9.31. The van der Waals surface area contributed by atoms with Crippen molar-refractivity contribution in [2.45, 2.75) is 57.2 Å². The fraction of sp³-hybridized carbons (Fsp3) is 1.00. The highest BCUT2D eigenvalue weighted by Gasteiger charge is 2.36. The van der Waals surface area contributed by atoms with E-state index < -0.39 is 5.72 Å². The van der Waals surface area contributed by atoms with E-state index in [9.17, 15) is 5.11 Å². The van der Waals surface area contributed by atoms with E-state index in [1.807, 2.05) is 0 Å². The van der Waals surface area contributed by atoms with Crippen LogP contribution in [0.25, 0.3) is 0 Å². The molecule has 0 radical (unpaired) electrons. The quantitative estimate of drug-likeness (QED) is 0.670. The first-order valence-electron chi connectivity index (χ1n) is 5.33. The Labute approximate surface area is 79.3 Å². The second kappa shape index (κ2) is 3.37. The molecule has 1 N–H and O–H groups in total. The van der Waals surface area contributed by atoms with Gasteiger partial charge in [0.15, 0.2) is 5.72 Å². The van der Waals surface area contributed by atoms with Crippen molar-refractivity contribution in [3.63, 3.8) is 0 Å². The third-order valence-corrected chi connectivity index (χ3v) is 3.38. The van der Waals surface area contributed by atoms with Crippen LogP contribution < -0.4 is 0 Å². The van der Waals surface area contributed by atoms with E-state index in [2.05, 4.69) is 10.2 Å². The summed E-state index contributed by atoms with van der Waals surface area (Å²) in [5.41, 5.74) is -0.881. The first-order valence-corrected chi connectivity index (χ1v) is 5.33. The zero-order valence-corrected chi connectivity index (χ0v) is 8.24. The monoisotopic (exact) mass is 182 g/mol. The van der Waals surface area contributed by atoms with Crippen molar-refractivity contribution < 1.29 is 5.11 Å². The van der Waals surface area contributed by atoms with Crippen LogP contribution in [0.2, 0.25) is 0 Å². The molecule has 2 aliphatic carbocycles. The number of azo groups is 1. The molecule has 0 amide bonds. The molecule has 0 aromatic rings. The molecule has 0 saturated heterocycles. The van der Waals surface area contributed by atoms with Crippen LogP contribution in [0.4, 0.5) is 0 Å². The van der Waals surface area contributed by atoms with Gasteiger partial charge in [-0.15, -0.1) is 0 Å². The predicted molar refractivity (Wildman–Crippen MR) is 50.5 cm³/mol.